The number of likely N-dealkylation sites (N-methyl/N-ethyl adjacent to an activating group) is 2. The van der Waals surface area contributed by atoms with Crippen molar-refractivity contribution in [3.8, 4) is 0 Å². The summed E-state index contributed by atoms with van der Waals surface area (Å²) in [5, 5.41) is 12.5. The minimum atomic E-state index is -0.186. The van der Waals surface area contributed by atoms with Crippen molar-refractivity contribution in [2.24, 2.45) is 0 Å². The molecule has 0 heterocycles. The van der Waals surface area contributed by atoms with Crippen LogP contribution in [0.1, 0.15) is 20.3 Å². The largest absolute Gasteiger partial charge is 0.394 e. The number of aliphatic hydroxyl groups is 1. The molecule has 0 rings (SSSR count). The van der Waals surface area contributed by atoms with Crippen LogP contribution in [0.25, 0.3) is 0 Å². The summed E-state index contributed by atoms with van der Waals surface area (Å²) in [5.74, 6) is 0. The summed E-state index contributed by atoms with van der Waals surface area (Å²) in [6.45, 7) is 8.53. The first-order valence-corrected chi connectivity index (χ1v) is 6.14. The van der Waals surface area contributed by atoms with Crippen molar-refractivity contribution >= 4 is 0 Å². The molecule has 4 heteroatoms. The number of rotatable bonds is 9. The first kappa shape index (κ1) is 15.8. The highest BCUT2D eigenvalue weighted by Crippen LogP contribution is 2.06. The van der Waals surface area contributed by atoms with Gasteiger partial charge in [-0.2, -0.15) is 0 Å². The van der Waals surface area contributed by atoms with Crippen molar-refractivity contribution in [1.29, 1.82) is 0 Å². The molecule has 0 aromatic heterocycles. The van der Waals surface area contributed by atoms with E-state index in [2.05, 4.69) is 43.1 Å². The Balaban J connectivity index is 3.99. The molecular weight excluding hydrogens is 202 g/mol. The molecule has 0 fully saturated rings. The van der Waals surface area contributed by atoms with E-state index in [4.69, 9.17) is 0 Å². The van der Waals surface area contributed by atoms with Gasteiger partial charge in [-0.25, -0.2) is 0 Å². The molecule has 1 unspecified atom stereocenters. The first-order valence-electron chi connectivity index (χ1n) is 6.14. The van der Waals surface area contributed by atoms with Crippen molar-refractivity contribution in [3.05, 3.63) is 0 Å². The maximum atomic E-state index is 9.35. The van der Waals surface area contributed by atoms with Gasteiger partial charge in [-0.1, -0.05) is 6.92 Å². The van der Waals surface area contributed by atoms with Gasteiger partial charge >= 0.3 is 0 Å². The quantitative estimate of drug-likeness (QED) is 0.596. The molecule has 0 saturated heterocycles. The molecule has 0 amide bonds. The van der Waals surface area contributed by atoms with Crippen LogP contribution in [0, 0.1) is 0 Å². The number of hydrogen-bond acceptors (Lipinski definition) is 4. The standard InChI is InChI=1S/C12H29N3O/c1-6-15(9-7-8-14(4)5)10-12(2,11-16)13-3/h13,16H,6-11H2,1-5H3. The average Bonchev–Trinajstić information content (AvgIpc) is 2.27. The molecule has 0 aliphatic heterocycles. The summed E-state index contributed by atoms with van der Waals surface area (Å²) in [5.41, 5.74) is -0.186. The highest BCUT2D eigenvalue weighted by molar-refractivity contribution is 4.84. The van der Waals surface area contributed by atoms with E-state index in [1.54, 1.807) is 0 Å². The molecule has 0 aromatic carbocycles. The first-order chi connectivity index (χ1) is 7.47. The Hall–Kier alpha value is -0.160. The van der Waals surface area contributed by atoms with Gasteiger partial charge in [0, 0.05) is 6.54 Å². The lowest BCUT2D eigenvalue weighted by Crippen LogP contribution is -2.52. The van der Waals surface area contributed by atoms with Gasteiger partial charge in [0.05, 0.1) is 12.1 Å². The summed E-state index contributed by atoms with van der Waals surface area (Å²) >= 11 is 0. The summed E-state index contributed by atoms with van der Waals surface area (Å²) in [6, 6.07) is 0. The minimum absolute atomic E-state index is 0.174. The predicted octanol–water partition coefficient (Wildman–Crippen LogP) is 0.230. The van der Waals surface area contributed by atoms with Crippen molar-refractivity contribution in [3.63, 3.8) is 0 Å². The van der Waals surface area contributed by atoms with Gasteiger partial charge in [0.2, 0.25) is 0 Å². The van der Waals surface area contributed by atoms with Gasteiger partial charge in [-0.3, -0.25) is 0 Å². The number of hydrogen-bond donors (Lipinski definition) is 2. The average molecular weight is 231 g/mol. The van der Waals surface area contributed by atoms with Gasteiger partial charge in [-0.15, -0.1) is 0 Å². The molecule has 98 valence electrons. The Morgan fingerprint density at radius 3 is 2.25 bits per heavy atom. The number of aliphatic hydroxyl groups excluding tert-OH is 1. The van der Waals surface area contributed by atoms with Crippen LogP contribution in [0.15, 0.2) is 0 Å². The predicted molar refractivity (Wildman–Crippen MR) is 69.8 cm³/mol. The number of nitrogens with one attached hydrogen (secondary N) is 1. The van der Waals surface area contributed by atoms with Gasteiger partial charge in [0.1, 0.15) is 0 Å². The SMILES string of the molecule is CCN(CCCN(C)C)CC(C)(CO)NC. The van der Waals surface area contributed by atoms with Crippen LogP contribution in [-0.4, -0.2) is 74.4 Å². The Morgan fingerprint density at radius 1 is 1.25 bits per heavy atom. The van der Waals surface area contributed by atoms with E-state index in [1.807, 2.05) is 7.05 Å². The topological polar surface area (TPSA) is 38.7 Å². The Kier molecular flexibility index (Phi) is 7.93. The van der Waals surface area contributed by atoms with E-state index < -0.39 is 0 Å². The molecule has 0 saturated carbocycles. The van der Waals surface area contributed by atoms with Gasteiger partial charge < -0.3 is 20.2 Å². The maximum Gasteiger partial charge on any atom is 0.0623 e. The van der Waals surface area contributed by atoms with E-state index >= 15 is 0 Å². The summed E-state index contributed by atoms with van der Waals surface area (Å²) < 4.78 is 0. The van der Waals surface area contributed by atoms with Crippen LogP contribution < -0.4 is 5.32 Å². The molecular formula is C12H29N3O. The zero-order valence-electron chi connectivity index (χ0n) is 11.6. The monoisotopic (exact) mass is 231 g/mol. The van der Waals surface area contributed by atoms with E-state index in [0.29, 0.717) is 0 Å². The third-order valence-corrected chi connectivity index (χ3v) is 3.05. The van der Waals surface area contributed by atoms with Gasteiger partial charge in [0.25, 0.3) is 0 Å². The fraction of sp³-hybridized carbons (Fsp3) is 1.00. The molecule has 0 spiro atoms. The molecule has 0 bridgehead atoms. The zero-order valence-corrected chi connectivity index (χ0v) is 11.6. The zero-order chi connectivity index (χ0) is 12.6. The normalized spacial score (nSPS) is 15.8. The second kappa shape index (κ2) is 8.01. The molecule has 0 aliphatic rings. The molecule has 4 nitrogen and oxygen atoms in total. The van der Waals surface area contributed by atoms with Crippen LogP contribution in [0.2, 0.25) is 0 Å². The Morgan fingerprint density at radius 2 is 1.88 bits per heavy atom. The molecule has 0 aliphatic carbocycles. The van der Waals surface area contributed by atoms with E-state index in [9.17, 15) is 5.11 Å². The van der Waals surface area contributed by atoms with Crippen LogP contribution in [0.4, 0.5) is 0 Å². The summed E-state index contributed by atoms with van der Waals surface area (Å²) in [6.07, 6.45) is 1.17. The second-order valence-corrected chi connectivity index (χ2v) is 4.99. The highest BCUT2D eigenvalue weighted by Gasteiger charge is 2.23. The van der Waals surface area contributed by atoms with Crippen LogP contribution in [-0.2, 0) is 0 Å². The molecule has 16 heavy (non-hydrogen) atoms. The number of nitrogens with zero attached hydrogens (tertiary/aromatic N) is 2. The second-order valence-electron chi connectivity index (χ2n) is 4.99. The molecule has 0 aromatic rings. The van der Waals surface area contributed by atoms with Gasteiger partial charge in [-0.05, 0) is 54.1 Å². The lowest BCUT2D eigenvalue weighted by Gasteiger charge is -2.33. The Labute approximate surface area is 101 Å². The molecule has 1 atom stereocenters. The molecule has 0 radical (unpaired) electrons. The third kappa shape index (κ3) is 6.43. The van der Waals surface area contributed by atoms with Crippen molar-refractivity contribution < 1.29 is 5.11 Å². The van der Waals surface area contributed by atoms with Gasteiger partial charge in [0.15, 0.2) is 0 Å². The van der Waals surface area contributed by atoms with Crippen LogP contribution >= 0.6 is 0 Å². The van der Waals surface area contributed by atoms with E-state index in [-0.39, 0.29) is 12.1 Å². The van der Waals surface area contributed by atoms with Crippen molar-refractivity contribution in [2.45, 2.75) is 25.8 Å². The van der Waals surface area contributed by atoms with Crippen LogP contribution in [0.5, 0.6) is 0 Å². The smallest absolute Gasteiger partial charge is 0.0623 e. The highest BCUT2D eigenvalue weighted by atomic mass is 16.3. The summed E-state index contributed by atoms with van der Waals surface area (Å²) in [4.78, 5) is 4.59. The fourth-order valence-corrected chi connectivity index (χ4v) is 1.66. The summed E-state index contributed by atoms with van der Waals surface area (Å²) in [7, 11) is 6.10. The lowest BCUT2D eigenvalue weighted by atomic mass is 10.0. The van der Waals surface area contributed by atoms with Crippen molar-refractivity contribution in [2.75, 3.05) is 53.9 Å². The van der Waals surface area contributed by atoms with E-state index in [1.165, 1.54) is 6.42 Å². The van der Waals surface area contributed by atoms with Crippen molar-refractivity contribution in [1.82, 2.24) is 15.1 Å². The third-order valence-electron chi connectivity index (χ3n) is 3.05. The van der Waals surface area contributed by atoms with Crippen LogP contribution in [0.3, 0.4) is 0 Å². The fourth-order valence-electron chi connectivity index (χ4n) is 1.66. The maximum absolute atomic E-state index is 9.35. The molecule has 2 N–H and O–H groups in total. The van der Waals surface area contributed by atoms with E-state index in [0.717, 1.165) is 26.2 Å². The minimum Gasteiger partial charge on any atom is -0.394 e. The lowest BCUT2D eigenvalue weighted by molar-refractivity contribution is 0.126. The Bertz CT molecular complexity index is 170.